The molecule has 0 aromatic carbocycles. The Kier molecular flexibility index (Phi) is 3.60. The molecule has 2 unspecified atom stereocenters. The summed E-state index contributed by atoms with van der Waals surface area (Å²) in [5.41, 5.74) is 0. The third kappa shape index (κ3) is 2.37. The van der Waals surface area contributed by atoms with Crippen LogP contribution in [0.3, 0.4) is 0 Å². The fraction of sp³-hybridized carbons (Fsp3) is 0.600. The highest BCUT2D eigenvalue weighted by molar-refractivity contribution is 9.10. The summed E-state index contributed by atoms with van der Waals surface area (Å²) in [5.74, 6) is 0.323. The topological polar surface area (TPSA) is 29.5 Å². The fourth-order valence-electron chi connectivity index (χ4n) is 1.68. The Hall–Kier alpha value is 0.1000. The zero-order chi connectivity index (χ0) is 9.97. The first-order chi connectivity index (χ1) is 6.77. The summed E-state index contributed by atoms with van der Waals surface area (Å²) in [7, 11) is 0. The second-order valence-electron chi connectivity index (χ2n) is 3.59. The van der Waals surface area contributed by atoms with Crippen LogP contribution in [0.1, 0.15) is 11.3 Å². The molecular weight excluding hydrogens is 264 g/mol. The van der Waals surface area contributed by atoms with Gasteiger partial charge in [-0.2, -0.15) is 0 Å². The number of aliphatic hydroxyl groups is 1. The summed E-state index contributed by atoms with van der Waals surface area (Å²) in [6.07, 6.45) is 1.48. The maximum atomic E-state index is 9.95. The van der Waals surface area contributed by atoms with E-state index in [1.54, 1.807) is 11.3 Å². The molecule has 0 radical (unpaired) electrons. The normalized spacial score (nSPS) is 24.0. The number of aliphatic hydroxyl groups excluding tert-OH is 1. The molecule has 0 aliphatic carbocycles. The molecule has 2 rings (SSSR count). The number of hydrogen-bond donors (Lipinski definition) is 1. The van der Waals surface area contributed by atoms with Gasteiger partial charge in [0.2, 0.25) is 0 Å². The van der Waals surface area contributed by atoms with Crippen LogP contribution in [0.15, 0.2) is 15.9 Å². The van der Waals surface area contributed by atoms with Gasteiger partial charge in [0, 0.05) is 28.3 Å². The molecule has 4 heteroatoms. The predicted octanol–water partition coefficient (Wildman–Crippen LogP) is 2.45. The van der Waals surface area contributed by atoms with E-state index in [9.17, 15) is 5.11 Å². The van der Waals surface area contributed by atoms with Crippen LogP contribution >= 0.6 is 27.3 Å². The molecule has 0 spiro atoms. The van der Waals surface area contributed by atoms with Crippen molar-refractivity contribution in [2.24, 2.45) is 5.92 Å². The third-order valence-corrected chi connectivity index (χ3v) is 4.54. The first kappa shape index (κ1) is 10.6. The fourth-order valence-corrected chi connectivity index (χ4v) is 3.25. The van der Waals surface area contributed by atoms with Crippen molar-refractivity contribution in [1.82, 2.24) is 0 Å². The average molecular weight is 277 g/mol. The molecule has 2 nitrogen and oxygen atoms in total. The van der Waals surface area contributed by atoms with Gasteiger partial charge in [0.15, 0.2) is 0 Å². The summed E-state index contributed by atoms with van der Waals surface area (Å²) >= 11 is 5.16. The van der Waals surface area contributed by atoms with Crippen LogP contribution in [0, 0.1) is 5.92 Å². The molecule has 0 bridgehead atoms. The van der Waals surface area contributed by atoms with Crippen LogP contribution in [0.25, 0.3) is 0 Å². The van der Waals surface area contributed by atoms with Gasteiger partial charge in [-0.05, 0) is 33.8 Å². The van der Waals surface area contributed by atoms with Gasteiger partial charge in [0.05, 0.1) is 12.7 Å². The van der Waals surface area contributed by atoms with Crippen molar-refractivity contribution in [3.8, 4) is 0 Å². The molecule has 0 amide bonds. The summed E-state index contributed by atoms with van der Waals surface area (Å²) in [4.78, 5) is 1.23. The van der Waals surface area contributed by atoms with Crippen LogP contribution in [-0.2, 0) is 11.2 Å². The van der Waals surface area contributed by atoms with Gasteiger partial charge in [0.1, 0.15) is 0 Å². The molecule has 1 aromatic rings. The number of thiophene rings is 1. The van der Waals surface area contributed by atoms with Crippen molar-refractivity contribution < 1.29 is 9.84 Å². The summed E-state index contributed by atoms with van der Waals surface area (Å²) < 4.78 is 6.37. The van der Waals surface area contributed by atoms with Crippen molar-refractivity contribution in [2.45, 2.75) is 18.9 Å². The van der Waals surface area contributed by atoms with Crippen molar-refractivity contribution in [3.63, 3.8) is 0 Å². The van der Waals surface area contributed by atoms with Crippen molar-refractivity contribution >= 4 is 27.3 Å². The Balaban J connectivity index is 1.93. The van der Waals surface area contributed by atoms with Gasteiger partial charge in [-0.15, -0.1) is 11.3 Å². The van der Waals surface area contributed by atoms with Gasteiger partial charge in [-0.25, -0.2) is 0 Å². The van der Waals surface area contributed by atoms with E-state index in [4.69, 9.17) is 4.74 Å². The average Bonchev–Trinajstić information content (AvgIpc) is 2.77. The lowest BCUT2D eigenvalue weighted by atomic mass is 9.99. The number of rotatable bonds is 3. The van der Waals surface area contributed by atoms with E-state index in [1.807, 2.05) is 11.4 Å². The molecule has 1 aliphatic heterocycles. The van der Waals surface area contributed by atoms with Gasteiger partial charge < -0.3 is 9.84 Å². The number of halogens is 1. The van der Waals surface area contributed by atoms with Crippen LogP contribution in [0.5, 0.6) is 0 Å². The van der Waals surface area contributed by atoms with E-state index in [0.29, 0.717) is 12.5 Å². The van der Waals surface area contributed by atoms with Crippen molar-refractivity contribution in [2.75, 3.05) is 13.2 Å². The molecule has 1 saturated heterocycles. The number of ether oxygens (including phenoxy) is 1. The molecule has 1 aliphatic rings. The molecule has 2 atom stereocenters. The summed E-state index contributed by atoms with van der Waals surface area (Å²) in [6, 6.07) is 2.03. The largest absolute Gasteiger partial charge is 0.392 e. The molecule has 1 N–H and O–H groups in total. The molecular formula is C10H13BrO2S. The highest BCUT2D eigenvalue weighted by Crippen LogP contribution is 2.27. The van der Waals surface area contributed by atoms with E-state index < -0.39 is 0 Å². The molecule has 78 valence electrons. The molecule has 2 heterocycles. The van der Waals surface area contributed by atoms with Crippen molar-refractivity contribution in [1.29, 1.82) is 0 Å². The van der Waals surface area contributed by atoms with E-state index >= 15 is 0 Å². The Morgan fingerprint density at radius 3 is 3.14 bits per heavy atom. The molecule has 1 aromatic heterocycles. The lowest BCUT2D eigenvalue weighted by Gasteiger charge is -2.15. The van der Waals surface area contributed by atoms with Gasteiger partial charge in [-0.3, -0.25) is 0 Å². The lowest BCUT2D eigenvalue weighted by molar-refractivity contribution is 0.0923. The Bertz CT molecular complexity index is 294. The first-order valence-corrected chi connectivity index (χ1v) is 6.42. The summed E-state index contributed by atoms with van der Waals surface area (Å²) in [5, 5.41) is 12.0. The highest BCUT2D eigenvalue weighted by Gasteiger charge is 2.24. The molecule has 14 heavy (non-hydrogen) atoms. The van der Waals surface area contributed by atoms with Crippen LogP contribution < -0.4 is 0 Å². The Morgan fingerprint density at radius 1 is 1.71 bits per heavy atom. The second-order valence-corrected chi connectivity index (χ2v) is 5.44. The van der Waals surface area contributed by atoms with Gasteiger partial charge in [-0.1, -0.05) is 0 Å². The maximum absolute atomic E-state index is 9.95. The third-order valence-electron chi connectivity index (χ3n) is 2.59. The maximum Gasteiger partial charge on any atom is 0.0639 e. The predicted molar refractivity (Wildman–Crippen MR) is 60.7 cm³/mol. The van der Waals surface area contributed by atoms with Crippen LogP contribution in [0.4, 0.5) is 0 Å². The van der Waals surface area contributed by atoms with Crippen LogP contribution in [-0.4, -0.2) is 24.4 Å². The SMILES string of the molecule is OC(Cc1sccc1Br)C1CCOC1. The smallest absolute Gasteiger partial charge is 0.0639 e. The van der Waals surface area contributed by atoms with Gasteiger partial charge in [0.25, 0.3) is 0 Å². The number of hydrogen-bond acceptors (Lipinski definition) is 3. The minimum absolute atomic E-state index is 0.257. The van der Waals surface area contributed by atoms with E-state index in [0.717, 1.165) is 23.9 Å². The minimum atomic E-state index is -0.257. The van der Waals surface area contributed by atoms with E-state index in [-0.39, 0.29) is 6.10 Å². The van der Waals surface area contributed by atoms with E-state index in [2.05, 4.69) is 15.9 Å². The highest BCUT2D eigenvalue weighted by atomic mass is 79.9. The zero-order valence-electron chi connectivity index (χ0n) is 7.78. The van der Waals surface area contributed by atoms with Crippen LogP contribution in [0.2, 0.25) is 0 Å². The minimum Gasteiger partial charge on any atom is -0.392 e. The van der Waals surface area contributed by atoms with Crippen molar-refractivity contribution in [3.05, 3.63) is 20.8 Å². The summed E-state index contributed by atoms with van der Waals surface area (Å²) in [6.45, 7) is 1.51. The van der Waals surface area contributed by atoms with E-state index in [1.165, 1.54) is 4.88 Å². The quantitative estimate of drug-likeness (QED) is 0.919. The molecule has 1 fully saturated rings. The van der Waals surface area contributed by atoms with Gasteiger partial charge >= 0.3 is 0 Å². The lowest BCUT2D eigenvalue weighted by Crippen LogP contribution is -2.22. The Morgan fingerprint density at radius 2 is 2.57 bits per heavy atom. The zero-order valence-corrected chi connectivity index (χ0v) is 10.2. The monoisotopic (exact) mass is 276 g/mol. The molecule has 0 saturated carbocycles. The second kappa shape index (κ2) is 4.75. The Labute approximate surface area is 96.0 Å². The first-order valence-electron chi connectivity index (χ1n) is 4.75. The standard InChI is InChI=1S/C10H13BrO2S/c11-8-2-4-14-10(8)5-9(12)7-1-3-13-6-7/h2,4,7,9,12H,1,3,5-6H2.